The van der Waals surface area contributed by atoms with Crippen molar-refractivity contribution < 1.29 is 17.9 Å². The van der Waals surface area contributed by atoms with Crippen molar-refractivity contribution in [3.63, 3.8) is 0 Å². The minimum absolute atomic E-state index is 0.0678. The summed E-state index contributed by atoms with van der Waals surface area (Å²) in [4.78, 5) is 12.2. The summed E-state index contributed by atoms with van der Waals surface area (Å²) < 4.78 is 34.4. The Morgan fingerprint density at radius 1 is 1.17 bits per heavy atom. The van der Waals surface area contributed by atoms with Crippen LogP contribution < -0.4 is 14.8 Å². The van der Waals surface area contributed by atoms with Gasteiger partial charge in [-0.1, -0.05) is 6.07 Å². The molecule has 0 aliphatic heterocycles. The Hall–Kier alpha value is -2.36. The average molecular weight is 495 g/mol. The normalized spacial score (nSPS) is 11.1. The second kappa shape index (κ2) is 8.98. The largest absolute Gasteiger partial charge is 0.495 e. The number of hydrogen-bond donors (Lipinski definition) is 2. The molecule has 2 aromatic carbocycles. The van der Waals surface area contributed by atoms with Gasteiger partial charge in [0.15, 0.2) is 0 Å². The van der Waals surface area contributed by atoms with Gasteiger partial charge in [-0.15, -0.1) is 0 Å². The van der Waals surface area contributed by atoms with Gasteiger partial charge in [0.05, 0.1) is 19.2 Å². The highest BCUT2D eigenvalue weighted by Gasteiger charge is 2.22. The van der Waals surface area contributed by atoms with E-state index in [-0.39, 0.29) is 23.0 Å². The zero-order valence-corrected chi connectivity index (χ0v) is 18.9. The predicted molar refractivity (Wildman–Crippen MR) is 119 cm³/mol. The number of hydrogen-bond acceptors (Lipinski definition) is 5. The number of rotatable bonds is 7. The molecule has 9 heteroatoms. The lowest BCUT2D eigenvalue weighted by molar-refractivity contribution is -0.115. The van der Waals surface area contributed by atoms with Gasteiger partial charge in [0.1, 0.15) is 10.6 Å². The van der Waals surface area contributed by atoms with Crippen LogP contribution in [0.2, 0.25) is 0 Å². The summed E-state index contributed by atoms with van der Waals surface area (Å²) >= 11 is 4.87. The molecule has 2 N–H and O–H groups in total. The van der Waals surface area contributed by atoms with Crippen molar-refractivity contribution in [1.29, 1.82) is 0 Å². The number of nitrogens with one attached hydrogen (secondary N) is 2. The van der Waals surface area contributed by atoms with E-state index in [0.29, 0.717) is 15.8 Å². The Bertz CT molecular complexity index is 1130. The number of anilines is 2. The van der Waals surface area contributed by atoms with E-state index in [2.05, 4.69) is 26.0 Å². The molecule has 0 aliphatic carbocycles. The summed E-state index contributed by atoms with van der Waals surface area (Å²) in [5.74, 6) is -0.0524. The lowest BCUT2D eigenvalue weighted by atomic mass is 10.2. The number of benzene rings is 2. The van der Waals surface area contributed by atoms with Gasteiger partial charge in [0.25, 0.3) is 10.0 Å². The monoisotopic (exact) mass is 494 g/mol. The maximum Gasteiger partial charge on any atom is 0.265 e. The van der Waals surface area contributed by atoms with E-state index in [1.54, 1.807) is 18.2 Å². The SMILES string of the molecule is COc1ccc(NC(=O)Cc2ccsc2)cc1S(=O)(=O)Nc1cc(C)ccc1Br. The van der Waals surface area contributed by atoms with E-state index < -0.39 is 10.0 Å². The van der Waals surface area contributed by atoms with Gasteiger partial charge in [0, 0.05) is 10.2 Å². The third-order valence-corrected chi connectivity index (χ3v) is 6.86. The van der Waals surface area contributed by atoms with Crippen LogP contribution in [-0.2, 0) is 21.2 Å². The first-order valence-electron chi connectivity index (χ1n) is 8.56. The highest BCUT2D eigenvalue weighted by atomic mass is 79.9. The highest BCUT2D eigenvalue weighted by Crippen LogP contribution is 2.31. The van der Waals surface area contributed by atoms with Crippen molar-refractivity contribution in [2.45, 2.75) is 18.2 Å². The number of ether oxygens (including phenoxy) is 1. The second-order valence-corrected chi connectivity index (χ2v) is 9.60. The predicted octanol–water partition coefficient (Wildman–Crippen LogP) is 4.81. The number of thiophene rings is 1. The number of carbonyl (C=O) groups is 1. The molecule has 6 nitrogen and oxygen atoms in total. The van der Waals surface area contributed by atoms with E-state index in [4.69, 9.17) is 4.74 Å². The second-order valence-electron chi connectivity index (χ2n) is 6.31. The first kappa shape index (κ1) is 21.4. The van der Waals surface area contributed by atoms with Crippen LogP contribution >= 0.6 is 27.3 Å². The summed E-state index contributed by atoms with van der Waals surface area (Å²) in [6.07, 6.45) is 0.214. The molecule has 0 unspecified atom stereocenters. The molecular formula is C20H19BrN2O4S2. The van der Waals surface area contributed by atoms with E-state index in [9.17, 15) is 13.2 Å². The minimum atomic E-state index is -3.96. The Balaban J connectivity index is 1.87. The van der Waals surface area contributed by atoms with Gasteiger partial charge in [-0.05, 0) is 81.1 Å². The Morgan fingerprint density at radius 3 is 2.66 bits per heavy atom. The number of sulfonamides is 1. The Labute approximate surface area is 182 Å². The summed E-state index contributed by atoms with van der Waals surface area (Å²) in [6, 6.07) is 11.7. The van der Waals surface area contributed by atoms with Crippen LogP contribution in [0.25, 0.3) is 0 Å². The van der Waals surface area contributed by atoms with Gasteiger partial charge in [-0.2, -0.15) is 11.3 Å². The molecular weight excluding hydrogens is 476 g/mol. The van der Waals surface area contributed by atoms with Gasteiger partial charge >= 0.3 is 0 Å². The van der Waals surface area contributed by atoms with Crippen LogP contribution in [0.3, 0.4) is 0 Å². The van der Waals surface area contributed by atoms with E-state index in [1.807, 2.05) is 29.8 Å². The molecule has 0 saturated heterocycles. The van der Waals surface area contributed by atoms with E-state index >= 15 is 0 Å². The topological polar surface area (TPSA) is 84.5 Å². The molecule has 0 aliphatic rings. The Kier molecular flexibility index (Phi) is 6.61. The van der Waals surface area contributed by atoms with Crippen molar-refractivity contribution in [3.8, 4) is 5.75 Å². The quantitative estimate of drug-likeness (QED) is 0.493. The summed E-state index contributed by atoms with van der Waals surface area (Å²) in [5, 5.41) is 6.53. The lowest BCUT2D eigenvalue weighted by Gasteiger charge is -2.15. The molecule has 29 heavy (non-hydrogen) atoms. The smallest absolute Gasteiger partial charge is 0.265 e. The van der Waals surface area contributed by atoms with Crippen LogP contribution in [-0.4, -0.2) is 21.4 Å². The number of amides is 1. The Morgan fingerprint density at radius 2 is 1.97 bits per heavy atom. The molecule has 0 spiro atoms. The van der Waals surface area contributed by atoms with Crippen molar-refractivity contribution in [1.82, 2.24) is 0 Å². The fourth-order valence-electron chi connectivity index (χ4n) is 2.67. The molecule has 0 bridgehead atoms. The number of methoxy groups -OCH3 is 1. The fourth-order valence-corrected chi connectivity index (χ4v) is 5.08. The highest BCUT2D eigenvalue weighted by molar-refractivity contribution is 9.10. The van der Waals surface area contributed by atoms with Crippen molar-refractivity contribution in [2.75, 3.05) is 17.1 Å². The van der Waals surface area contributed by atoms with Gasteiger partial charge in [-0.25, -0.2) is 8.42 Å². The molecule has 0 atom stereocenters. The van der Waals surface area contributed by atoms with Crippen molar-refractivity contribution >= 4 is 54.6 Å². The molecule has 1 amide bonds. The van der Waals surface area contributed by atoms with Crippen LogP contribution in [0.15, 0.2) is 62.6 Å². The van der Waals surface area contributed by atoms with E-state index in [0.717, 1.165) is 11.1 Å². The molecule has 152 valence electrons. The molecule has 3 rings (SSSR count). The van der Waals surface area contributed by atoms with Crippen molar-refractivity contribution in [2.24, 2.45) is 0 Å². The molecule has 3 aromatic rings. The molecule has 1 aromatic heterocycles. The zero-order chi connectivity index (χ0) is 21.0. The molecule has 0 saturated carbocycles. The van der Waals surface area contributed by atoms with Crippen LogP contribution in [0.5, 0.6) is 5.75 Å². The fraction of sp³-hybridized carbons (Fsp3) is 0.150. The average Bonchev–Trinajstić information content (AvgIpc) is 3.17. The number of carbonyl (C=O) groups excluding carboxylic acids is 1. The summed E-state index contributed by atoms with van der Waals surface area (Å²) in [7, 11) is -2.56. The van der Waals surface area contributed by atoms with Gasteiger partial charge < -0.3 is 10.1 Å². The maximum atomic E-state index is 13.0. The standard InChI is InChI=1S/C20H19BrN2O4S2/c1-13-3-5-16(21)17(9-13)23-29(25,26)19-11-15(4-6-18(19)27-2)22-20(24)10-14-7-8-28-12-14/h3-9,11-12,23H,10H2,1-2H3,(H,22,24). The van der Waals surface area contributed by atoms with Crippen LogP contribution in [0, 0.1) is 6.92 Å². The third-order valence-electron chi connectivity index (χ3n) is 4.05. The number of aryl methyl sites for hydroxylation is 1. The van der Waals surface area contributed by atoms with Crippen LogP contribution in [0.1, 0.15) is 11.1 Å². The van der Waals surface area contributed by atoms with E-state index in [1.165, 1.54) is 30.6 Å². The zero-order valence-electron chi connectivity index (χ0n) is 15.7. The van der Waals surface area contributed by atoms with Crippen LogP contribution in [0.4, 0.5) is 11.4 Å². The van der Waals surface area contributed by atoms with Gasteiger partial charge in [0.2, 0.25) is 5.91 Å². The summed E-state index contributed by atoms with van der Waals surface area (Å²) in [6.45, 7) is 1.87. The van der Waals surface area contributed by atoms with Gasteiger partial charge in [-0.3, -0.25) is 9.52 Å². The molecule has 0 radical (unpaired) electrons. The first-order chi connectivity index (χ1) is 13.8. The first-order valence-corrected chi connectivity index (χ1v) is 11.8. The summed E-state index contributed by atoms with van der Waals surface area (Å²) in [5.41, 5.74) is 2.60. The van der Waals surface area contributed by atoms with Crippen molar-refractivity contribution in [3.05, 3.63) is 68.8 Å². The minimum Gasteiger partial charge on any atom is -0.495 e. The third kappa shape index (κ3) is 5.37. The lowest BCUT2D eigenvalue weighted by Crippen LogP contribution is -2.17. The molecule has 1 heterocycles. The number of halogens is 1. The maximum absolute atomic E-state index is 13.0. The molecule has 0 fully saturated rings.